The molecule has 1 heterocycles. The highest BCUT2D eigenvalue weighted by atomic mass is 32.1. The summed E-state index contributed by atoms with van der Waals surface area (Å²) in [6.07, 6.45) is 6.83. The van der Waals surface area contributed by atoms with Crippen molar-refractivity contribution in [1.82, 2.24) is 4.37 Å². The van der Waals surface area contributed by atoms with E-state index >= 15 is 0 Å². The minimum Gasteiger partial charge on any atom is -0.328 e. The van der Waals surface area contributed by atoms with Gasteiger partial charge in [0.2, 0.25) is 0 Å². The molecule has 1 aliphatic carbocycles. The van der Waals surface area contributed by atoms with Crippen LogP contribution in [0.2, 0.25) is 0 Å². The molecule has 1 saturated carbocycles. The predicted molar refractivity (Wildman–Crippen MR) is 51.3 cm³/mol. The monoisotopic (exact) mass is 182 g/mol. The highest BCUT2D eigenvalue weighted by molar-refractivity contribution is 7.05. The summed E-state index contributed by atoms with van der Waals surface area (Å²) >= 11 is 1.63. The van der Waals surface area contributed by atoms with Gasteiger partial charge in [-0.3, -0.25) is 0 Å². The Kier molecular flexibility index (Phi) is 2.42. The molecule has 0 spiro atoms. The van der Waals surface area contributed by atoms with Crippen molar-refractivity contribution in [3.05, 3.63) is 17.1 Å². The van der Waals surface area contributed by atoms with Crippen LogP contribution in [0.1, 0.15) is 36.5 Å². The number of aromatic nitrogens is 1. The summed E-state index contributed by atoms with van der Waals surface area (Å²) in [4.78, 5) is 1.42. The molecular weight excluding hydrogens is 168 g/mol. The molecule has 1 aromatic heterocycles. The zero-order valence-corrected chi connectivity index (χ0v) is 7.89. The van der Waals surface area contributed by atoms with E-state index < -0.39 is 0 Å². The number of hydrogen-bond acceptors (Lipinski definition) is 3. The molecule has 0 saturated heterocycles. The Balaban J connectivity index is 2.04. The zero-order valence-electron chi connectivity index (χ0n) is 7.07. The fraction of sp³-hybridized carbons (Fsp3) is 0.667. The third-order valence-corrected chi connectivity index (χ3v) is 3.48. The van der Waals surface area contributed by atoms with Crippen LogP contribution in [0.4, 0.5) is 0 Å². The van der Waals surface area contributed by atoms with Crippen LogP contribution in [-0.2, 0) is 0 Å². The molecule has 3 heteroatoms. The highest BCUT2D eigenvalue weighted by Gasteiger charge is 2.21. The van der Waals surface area contributed by atoms with Gasteiger partial charge >= 0.3 is 0 Å². The van der Waals surface area contributed by atoms with Gasteiger partial charge in [-0.15, -0.1) is 0 Å². The molecule has 2 atom stereocenters. The van der Waals surface area contributed by atoms with E-state index in [4.69, 9.17) is 5.73 Å². The summed E-state index contributed by atoms with van der Waals surface area (Å²) in [5, 5.41) is 0. The van der Waals surface area contributed by atoms with Gasteiger partial charge in [0, 0.05) is 17.1 Å². The topological polar surface area (TPSA) is 38.9 Å². The number of nitrogens with zero attached hydrogens (tertiary/aromatic N) is 1. The second-order valence-electron chi connectivity index (χ2n) is 3.54. The standard InChI is InChI=1S/C9H14N2S/c10-8-3-1-2-7(6-8)9-4-5-11-12-9/h4-5,7-8H,1-3,6,10H2. The lowest BCUT2D eigenvalue weighted by Gasteiger charge is -2.25. The largest absolute Gasteiger partial charge is 0.328 e. The van der Waals surface area contributed by atoms with Crippen molar-refractivity contribution in [2.45, 2.75) is 37.6 Å². The minimum absolute atomic E-state index is 0.422. The van der Waals surface area contributed by atoms with E-state index in [1.54, 1.807) is 11.5 Å². The summed E-state index contributed by atoms with van der Waals surface area (Å²) in [5.41, 5.74) is 5.92. The molecule has 66 valence electrons. The Morgan fingerprint density at radius 1 is 1.50 bits per heavy atom. The number of rotatable bonds is 1. The third-order valence-electron chi connectivity index (χ3n) is 2.57. The molecule has 0 bridgehead atoms. The SMILES string of the molecule is NC1CCCC(c2ccns2)C1. The lowest BCUT2D eigenvalue weighted by molar-refractivity contribution is 0.397. The van der Waals surface area contributed by atoms with Crippen molar-refractivity contribution in [1.29, 1.82) is 0 Å². The van der Waals surface area contributed by atoms with E-state index in [2.05, 4.69) is 10.4 Å². The molecule has 1 fully saturated rings. The van der Waals surface area contributed by atoms with Gasteiger partial charge in [-0.25, -0.2) is 4.37 Å². The molecule has 1 aliphatic rings. The second-order valence-corrected chi connectivity index (χ2v) is 4.40. The van der Waals surface area contributed by atoms with E-state index in [9.17, 15) is 0 Å². The van der Waals surface area contributed by atoms with Gasteiger partial charge in [0.15, 0.2) is 0 Å². The maximum Gasteiger partial charge on any atom is 0.0409 e. The van der Waals surface area contributed by atoms with Crippen LogP contribution in [0.5, 0.6) is 0 Å². The summed E-state index contributed by atoms with van der Waals surface area (Å²) < 4.78 is 4.12. The lowest BCUT2D eigenvalue weighted by atomic mass is 9.85. The molecule has 0 aromatic carbocycles. The fourth-order valence-corrected chi connectivity index (χ4v) is 2.65. The maximum absolute atomic E-state index is 5.92. The first-order chi connectivity index (χ1) is 5.86. The molecule has 2 nitrogen and oxygen atoms in total. The predicted octanol–water partition coefficient (Wildman–Crippen LogP) is 2.13. The molecule has 2 unspecified atom stereocenters. The van der Waals surface area contributed by atoms with Crippen LogP contribution in [0, 0.1) is 0 Å². The normalized spacial score (nSPS) is 30.4. The van der Waals surface area contributed by atoms with Crippen molar-refractivity contribution < 1.29 is 0 Å². The summed E-state index contributed by atoms with van der Waals surface area (Å²) in [7, 11) is 0. The van der Waals surface area contributed by atoms with Gasteiger partial charge in [-0.1, -0.05) is 6.42 Å². The quantitative estimate of drug-likeness (QED) is 0.722. The Hall–Kier alpha value is -0.410. The lowest BCUT2D eigenvalue weighted by Crippen LogP contribution is -2.26. The molecule has 0 amide bonds. The molecule has 1 aromatic rings. The van der Waals surface area contributed by atoms with Gasteiger partial charge in [0.1, 0.15) is 0 Å². The maximum atomic E-state index is 5.92. The van der Waals surface area contributed by atoms with Crippen LogP contribution >= 0.6 is 11.5 Å². The fourth-order valence-electron chi connectivity index (χ4n) is 1.92. The van der Waals surface area contributed by atoms with Gasteiger partial charge in [0.05, 0.1) is 0 Å². The van der Waals surface area contributed by atoms with Crippen LogP contribution in [0.25, 0.3) is 0 Å². The molecule has 12 heavy (non-hydrogen) atoms. The van der Waals surface area contributed by atoms with E-state index in [1.165, 1.54) is 24.1 Å². The summed E-state index contributed by atoms with van der Waals surface area (Å²) in [6, 6.07) is 2.55. The van der Waals surface area contributed by atoms with Crippen molar-refractivity contribution in [3.8, 4) is 0 Å². The first-order valence-corrected chi connectivity index (χ1v) is 5.30. The van der Waals surface area contributed by atoms with Gasteiger partial charge < -0.3 is 5.73 Å². The van der Waals surface area contributed by atoms with E-state index in [-0.39, 0.29) is 0 Å². The number of nitrogens with two attached hydrogens (primary N) is 1. The van der Waals surface area contributed by atoms with Crippen LogP contribution in [0.3, 0.4) is 0 Å². The summed E-state index contributed by atoms with van der Waals surface area (Å²) in [6.45, 7) is 0. The van der Waals surface area contributed by atoms with E-state index in [0.29, 0.717) is 12.0 Å². The Labute approximate surface area is 77.0 Å². The third kappa shape index (κ3) is 1.67. The van der Waals surface area contributed by atoms with Crippen molar-refractivity contribution in [3.63, 3.8) is 0 Å². The van der Waals surface area contributed by atoms with Crippen LogP contribution in [-0.4, -0.2) is 10.4 Å². The van der Waals surface area contributed by atoms with Gasteiger partial charge in [-0.05, 0) is 42.8 Å². The average Bonchev–Trinajstić information content (AvgIpc) is 2.56. The zero-order chi connectivity index (χ0) is 8.39. The molecular formula is C9H14N2S. The highest BCUT2D eigenvalue weighted by Crippen LogP contribution is 2.33. The summed E-state index contributed by atoms with van der Waals surface area (Å²) in [5.74, 6) is 0.696. The minimum atomic E-state index is 0.422. The van der Waals surface area contributed by atoms with Gasteiger partial charge in [0.25, 0.3) is 0 Å². The first kappa shape index (κ1) is 8.20. The van der Waals surface area contributed by atoms with Crippen LogP contribution in [0.15, 0.2) is 12.3 Å². The smallest absolute Gasteiger partial charge is 0.0409 e. The Bertz CT molecular complexity index is 233. The van der Waals surface area contributed by atoms with Crippen molar-refractivity contribution >= 4 is 11.5 Å². The Morgan fingerprint density at radius 3 is 3.08 bits per heavy atom. The average molecular weight is 182 g/mol. The molecule has 2 rings (SSSR count). The van der Waals surface area contributed by atoms with Crippen molar-refractivity contribution in [2.24, 2.45) is 5.73 Å². The van der Waals surface area contributed by atoms with Gasteiger partial charge in [-0.2, -0.15) is 0 Å². The Morgan fingerprint density at radius 2 is 2.42 bits per heavy atom. The molecule has 0 radical (unpaired) electrons. The molecule has 2 N–H and O–H groups in total. The molecule has 0 aliphatic heterocycles. The first-order valence-electron chi connectivity index (χ1n) is 4.52. The van der Waals surface area contributed by atoms with E-state index in [1.807, 2.05) is 6.20 Å². The second kappa shape index (κ2) is 3.54. The van der Waals surface area contributed by atoms with Crippen molar-refractivity contribution in [2.75, 3.05) is 0 Å². The van der Waals surface area contributed by atoms with Crippen LogP contribution < -0.4 is 5.73 Å². The van der Waals surface area contributed by atoms with E-state index in [0.717, 1.165) is 6.42 Å². The number of hydrogen-bond donors (Lipinski definition) is 1.